The highest BCUT2D eigenvalue weighted by atomic mass is 32.2. The van der Waals surface area contributed by atoms with Gasteiger partial charge in [0.15, 0.2) is 0 Å². The van der Waals surface area contributed by atoms with Crippen LogP contribution >= 0.6 is 24.0 Å². The van der Waals surface area contributed by atoms with Gasteiger partial charge in [0.2, 0.25) is 0 Å². The van der Waals surface area contributed by atoms with Crippen LogP contribution in [-0.2, 0) is 9.53 Å². The minimum absolute atomic E-state index is 0.0208. The van der Waals surface area contributed by atoms with E-state index in [-0.39, 0.29) is 11.2 Å². The summed E-state index contributed by atoms with van der Waals surface area (Å²) in [6.45, 7) is 2.82. The molecular formula is C18H21NO3S2. The highest BCUT2D eigenvalue weighted by Crippen LogP contribution is 2.33. The number of hydrogen-bond donors (Lipinski definition) is 0. The fourth-order valence-corrected chi connectivity index (χ4v) is 3.63. The maximum Gasteiger partial charge on any atom is 0.305 e. The van der Waals surface area contributed by atoms with Crippen molar-refractivity contribution in [1.82, 2.24) is 4.90 Å². The summed E-state index contributed by atoms with van der Waals surface area (Å²) in [7, 11) is 0. The Bertz CT molecular complexity index is 628. The molecule has 1 aromatic rings. The number of unbranched alkanes of at least 4 members (excludes halogenated alkanes) is 2. The van der Waals surface area contributed by atoms with Gasteiger partial charge in [0.05, 0.1) is 11.5 Å². The van der Waals surface area contributed by atoms with Crippen molar-refractivity contribution in [3.63, 3.8) is 0 Å². The number of amides is 1. The number of esters is 1. The van der Waals surface area contributed by atoms with Crippen LogP contribution in [0.15, 0.2) is 35.2 Å². The summed E-state index contributed by atoms with van der Waals surface area (Å²) >= 11 is 6.62. The van der Waals surface area contributed by atoms with E-state index >= 15 is 0 Å². The first-order valence-electron chi connectivity index (χ1n) is 8.08. The van der Waals surface area contributed by atoms with Crippen LogP contribution in [0.4, 0.5) is 4.79 Å². The van der Waals surface area contributed by atoms with Crippen molar-refractivity contribution < 1.29 is 14.3 Å². The van der Waals surface area contributed by atoms with Crippen molar-refractivity contribution in [1.29, 1.82) is 0 Å². The zero-order chi connectivity index (χ0) is 17.4. The van der Waals surface area contributed by atoms with Gasteiger partial charge in [-0.15, -0.1) is 0 Å². The van der Waals surface area contributed by atoms with E-state index in [0.717, 1.165) is 29.7 Å². The van der Waals surface area contributed by atoms with E-state index in [1.165, 1.54) is 11.8 Å². The van der Waals surface area contributed by atoms with Crippen LogP contribution < -0.4 is 0 Å². The number of thiocarbonyl (C=S) groups is 1. The smallest absolute Gasteiger partial charge is 0.305 e. The van der Waals surface area contributed by atoms with E-state index in [4.69, 9.17) is 17.0 Å². The molecule has 0 spiro atoms. The lowest BCUT2D eigenvalue weighted by atomic mass is 10.2. The molecule has 1 heterocycles. The largest absolute Gasteiger partial charge is 0.466 e. The topological polar surface area (TPSA) is 46.6 Å². The second-order valence-corrected chi connectivity index (χ2v) is 6.74. The monoisotopic (exact) mass is 363 g/mol. The Balaban J connectivity index is 1.80. The Morgan fingerprint density at radius 2 is 2.00 bits per heavy atom. The maximum atomic E-state index is 12.1. The van der Waals surface area contributed by atoms with Gasteiger partial charge in [-0.25, -0.2) is 0 Å². The van der Waals surface area contributed by atoms with E-state index < -0.39 is 0 Å². The molecule has 0 aromatic heterocycles. The molecule has 0 radical (unpaired) electrons. The van der Waals surface area contributed by atoms with Crippen molar-refractivity contribution in [3.8, 4) is 0 Å². The van der Waals surface area contributed by atoms with Crippen molar-refractivity contribution in [3.05, 3.63) is 40.8 Å². The third-order valence-electron chi connectivity index (χ3n) is 3.54. The lowest BCUT2D eigenvalue weighted by Gasteiger charge is -2.14. The van der Waals surface area contributed by atoms with E-state index in [1.54, 1.807) is 11.8 Å². The third-order valence-corrected chi connectivity index (χ3v) is 5.03. The minimum atomic E-state index is -0.158. The van der Waals surface area contributed by atoms with E-state index in [0.29, 0.717) is 24.6 Å². The van der Waals surface area contributed by atoms with E-state index in [9.17, 15) is 9.59 Å². The summed E-state index contributed by atoms with van der Waals surface area (Å²) in [6, 6.07) is 9.84. The maximum absolute atomic E-state index is 12.1. The SMILES string of the molecule is CCOC(=O)CCCCCN1C(=O)SC(=Cc2ccccc2)C1=S. The fourth-order valence-electron chi connectivity index (χ4n) is 2.34. The fraction of sp³-hybridized carbons (Fsp3) is 0.389. The number of carbonyl (C=O) groups is 2. The lowest BCUT2D eigenvalue weighted by molar-refractivity contribution is -0.143. The molecule has 1 aliphatic rings. The molecule has 0 bridgehead atoms. The van der Waals surface area contributed by atoms with E-state index in [1.807, 2.05) is 36.4 Å². The molecule has 1 fully saturated rings. The average molecular weight is 364 g/mol. The van der Waals surface area contributed by atoms with Crippen LogP contribution in [0.3, 0.4) is 0 Å². The summed E-state index contributed by atoms with van der Waals surface area (Å²) in [4.78, 5) is 26.5. The van der Waals surface area contributed by atoms with Crippen LogP contribution in [0, 0.1) is 0 Å². The second-order valence-electron chi connectivity index (χ2n) is 5.36. The molecule has 1 amide bonds. The van der Waals surface area contributed by atoms with Crippen LogP contribution in [-0.4, -0.2) is 34.2 Å². The number of thioether (sulfide) groups is 1. The zero-order valence-corrected chi connectivity index (χ0v) is 15.3. The van der Waals surface area contributed by atoms with Crippen LogP contribution in [0.5, 0.6) is 0 Å². The molecule has 128 valence electrons. The van der Waals surface area contributed by atoms with Crippen molar-refractivity contribution in [2.24, 2.45) is 0 Å². The number of rotatable bonds is 8. The quantitative estimate of drug-likeness (QED) is 0.291. The van der Waals surface area contributed by atoms with Gasteiger partial charge < -0.3 is 4.74 Å². The summed E-state index contributed by atoms with van der Waals surface area (Å²) < 4.78 is 4.89. The molecule has 0 unspecified atom stereocenters. The minimum Gasteiger partial charge on any atom is -0.466 e. The Labute approximate surface area is 152 Å². The number of ether oxygens (including phenoxy) is 1. The first kappa shape index (κ1) is 18.7. The molecule has 1 aromatic carbocycles. The Hall–Kier alpha value is -1.66. The van der Waals surface area contributed by atoms with Gasteiger partial charge in [-0.1, -0.05) is 49.0 Å². The summed E-state index contributed by atoms with van der Waals surface area (Å²) in [6.07, 6.45) is 4.84. The molecule has 0 N–H and O–H groups in total. The predicted octanol–water partition coefficient (Wildman–Crippen LogP) is 4.65. The molecular weight excluding hydrogens is 342 g/mol. The highest BCUT2D eigenvalue weighted by Gasteiger charge is 2.30. The van der Waals surface area contributed by atoms with E-state index in [2.05, 4.69) is 0 Å². The van der Waals surface area contributed by atoms with Gasteiger partial charge in [-0.2, -0.15) is 0 Å². The van der Waals surface area contributed by atoms with Crippen LogP contribution in [0.1, 0.15) is 38.2 Å². The number of benzene rings is 1. The molecule has 0 saturated carbocycles. The highest BCUT2D eigenvalue weighted by molar-refractivity contribution is 8.19. The summed E-state index contributed by atoms with van der Waals surface area (Å²) in [5.74, 6) is -0.158. The van der Waals surface area contributed by atoms with Gasteiger partial charge in [0, 0.05) is 13.0 Å². The van der Waals surface area contributed by atoms with Gasteiger partial charge in [-0.05, 0) is 43.2 Å². The molecule has 24 heavy (non-hydrogen) atoms. The number of carbonyl (C=O) groups excluding carboxylic acids is 2. The Morgan fingerprint density at radius 1 is 1.25 bits per heavy atom. The third kappa shape index (κ3) is 5.46. The first-order chi connectivity index (χ1) is 11.6. The Kier molecular flexibility index (Phi) is 7.46. The summed E-state index contributed by atoms with van der Waals surface area (Å²) in [5, 5.41) is -0.0208. The number of hydrogen-bond acceptors (Lipinski definition) is 5. The molecule has 1 saturated heterocycles. The molecule has 0 atom stereocenters. The van der Waals surface area contributed by atoms with Gasteiger partial charge in [0.1, 0.15) is 4.99 Å². The standard InChI is InChI=1S/C18H21NO3S2/c1-2-22-16(20)11-7-4-8-12-19-17(23)15(24-18(19)21)13-14-9-5-3-6-10-14/h3,5-6,9-10,13H,2,4,7-8,11-12H2,1H3. The summed E-state index contributed by atoms with van der Waals surface area (Å²) in [5.41, 5.74) is 1.03. The first-order valence-corrected chi connectivity index (χ1v) is 9.30. The molecule has 0 aliphatic carbocycles. The zero-order valence-electron chi connectivity index (χ0n) is 13.7. The predicted molar refractivity (Wildman–Crippen MR) is 102 cm³/mol. The van der Waals surface area contributed by atoms with Crippen molar-refractivity contribution >= 4 is 46.3 Å². The average Bonchev–Trinajstić information content (AvgIpc) is 2.83. The van der Waals surface area contributed by atoms with Gasteiger partial charge in [0.25, 0.3) is 5.24 Å². The van der Waals surface area contributed by atoms with Crippen LogP contribution in [0.25, 0.3) is 6.08 Å². The molecule has 6 heteroatoms. The Morgan fingerprint density at radius 3 is 2.71 bits per heavy atom. The number of nitrogens with zero attached hydrogens (tertiary/aromatic N) is 1. The lowest BCUT2D eigenvalue weighted by Crippen LogP contribution is -2.27. The van der Waals surface area contributed by atoms with Gasteiger partial charge >= 0.3 is 5.97 Å². The molecule has 1 aliphatic heterocycles. The second kappa shape index (κ2) is 9.59. The normalized spacial score (nSPS) is 16.0. The van der Waals surface area contributed by atoms with Gasteiger partial charge in [-0.3, -0.25) is 14.5 Å². The van der Waals surface area contributed by atoms with Crippen molar-refractivity contribution in [2.45, 2.75) is 32.6 Å². The molecule has 2 rings (SSSR count). The van der Waals surface area contributed by atoms with Crippen molar-refractivity contribution in [2.75, 3.05) is 13.2 Å². The van der Waals surface area contributed by atoms with Crippen LogP contribution in [0.2, 0.25) is 0 Å². The molecule has 4 nitrogen and oxygen atoms in total.